The topological polar surface area (TPSA) is 12.5 Å². The Balaban J connectivity index is 1.94. The zero-order valence-corrected chi connectivity index (χ0v) is 8.10. The predicted molar refractivity (Wildman–Crippen MR) is 49.3 cm³/mol. The van der Waals surface area contributed by atoms with E-state index in [-0.39, 0.29) is 0 Å². The fraction of sp³-hybridized carbons (Fsp3) is 1.00. The predicted octanol–water partition coefficient (Wildman–Crippen LogP) is 1.95. The molecule has 0 spiro atoms. The second-order valence-corrected chi connectivity index (χ2v) is 4.08. The van der Waals surface area contributed by atoms with Crippen molar-refractivity contribution in [2.45, 2.75) is 37.9 Å². The third kappa shape index (κ3) is 2.02. The van der Waals surface area contributed by atoms with Crippen LogP contribution in [-0.4, -0.2) is 37.0 Å². The molecule has 0 atom stereocenters. The van der Waals surface area contributed by atoms with Gasteiger partial charge in [0.05, 0.1) is 13.2 Å². The number of alkyl halides is 1. The van der Waals surface area contributed by atoms with E-state index in [1.807, 2.05) is 4.90 Å². The zero-order valence-electron chi connectivity index (χ0n) is 8.10. The van der Waals surface area contributed by atoms with Gasteiger partial charge in [-0.1, -0.05) is 6.42 Å². The summed E-state index contributed by atoms with van der Waals surface area (Å²) in [6, 6.07) is 0. The molecule has 0 unspecified atom stereocenters. The smallest absolute Gasteiger partial charge is 0.164 e. The molecule has 2 aliphatic rings. The summed E-state index contributed by atoms with van der Waals surface area (Å²) in [7, 11) is 0. The first kappa shape index (κ1) is 9.41. The zero-order chi connectivity index (χ0) is 9.15. The van der Waals surface area contributed by atoms with Crippen LogP contribution in [0.5, 0.6) is 0 Å². The number of hydrogen-bond acceptors (Lipinski definition) is 2. The molecule has 1 saturated heterocycles. The lowest BCUT2D eigenvalue weighted by Gasteiger charge is -2.41. The molecule has 13 heavy (non-hydrogen) atoms. The highest BCUT2D eigenvalue weighted by molar-refractivity contribution is 4.84. The van der Waals surface area contributed by atoms with E-state index >= 15 is 0 Å². The minimum Gasteiger partial charge on any atom is -0.379 e. The molecule has 76 valence electrons. The summed E-state index contributed by atoms with van der Waals surface area (Å²) in [5, 5.41) is 0. The average molecular weight is 187 g/mol. The third-order valence-electron chi connectivity index (χ3n) is 3.20. The van der Waals surface area contributed by atoms with Crippen molar-refractivity contribution in [3.63, 3.8) is 0 Å². The Bertz CT molecular complexity index is 162. The van der Waals surface area contributed by atoms with Crippen molar-refractivity contribution in [2.24, 2.45) is 0 Å². The van der Waals surface area contributed by atoms with Gasteiger partial charge in [0.1, 0.15) is 0 Å². The van der Waals surface area contributed by atoms with Gasteiger partial charge in [0.25, 0.3) is 0 Å². The number of rotatable bonds is 1. The van der Waals surface area contributed by atoms with Crippen molar-refractivity contribution in [2.75, 3.05) is 26.3 Å². The maximum atomic E-state index is 14.3. The van der Waals surface area contributed by atoms with Gasteiger partial charge in [-0.15, -0.1) is 0 Å². The summed E-state index contributed by atoms with van der Waals surface area (Å²) in [4.78, 5) is 1.98. The number of hydrogen-bond donors (Lipinski definition) is 0. The fourth-order valence-electron chi connectivity index (χ4n) is 2.37. The molecule has 2 fully saturated rings. The molecule has 0 aromatic heterocycles. The van der Waals surface area contributed by atoms with Crippen LogP contribution in [0.2, 0.25) is 0 Å². The summed E-state index contributed by atoms with van der Waals surface area (Å²) in [5.41, 5.74) is 0. The lowest BCUT2D eigenvalue weighted by Crippen LogP contribution is -2.51. The maximum absolute atomic E-state index is 14.3. The molecule has 1 aliphatic carbocycles. The minimum absolute atomic E-state index is 0.700. The van der Waals surface area contributed by atoms with E-state index in [0.29, 0.717) is 13.2 Å². The van der Waals surface area contributed by atoms with Crippen molar-refractivity contribution in [1.82, 2.24) is 4.90 Å². The van der Waals surface area contributed by atoms with Gasteiger partial charge < -0.3 is 4.74 Å². The monoisotopic (exact) mass is 187 g/mol. The molecular weight excluding hydrogens is 169 g/mol. The van der Waals surface area contributed by atoms with Crippen molar-refractivity contribution in [1.29, 1.82) is 0 Å². The Morgan fingerprint density at radius 2 is 1.62 bits per heavy atom. The first-order valence-corrected chi connectivity index (χ1v) is 5.33. The van der Waals surface area contributed by atoms with Crippen LogP contribution in [0.1, 0.15) is 32.1 Å². The minimum atomic E-state index is -0.998. The van der Waals surface area contributed by atoms with E-state index in [0.717, 1.165) is 38.8 Å². The number of ether oxygens (including phenoxy) is 1. The second kappa shape index (κ2) is 3.93. The van der Waals surface area contributed by atoms with E-state index in [9.17, 15) is 4.39 Å². The molecule has 1 heterocycles. The van der Waals surface area contributed by atoms with Crippen LogP contribution in [0.25, 0.3) is 0 Å². The van der Waals surface area contributed by atoms with Gasteiger partial charge >= 0.3 is 0 Å². The fourth-order valence-corrected chi connectivity index (χ4v) is 2.37. The van der Waals surface area contributed by atoms with Crippen LogP contribution in [0.3, 0.4) is 0 Å². The van der Waals surface area contributed by atoms with Gasteiger partial charge in [-0.25, -0.2) is 4.39 Å². The van der Waals surface area contributed by atoms with Crippen molar-refractivity contribution in [3.8, 4) is 0 Å². The number of nitrogens with zero attached hydrogens (tertiary/aromatic N) is 1. The van der Waals surface area contributed by atoms with E-state index in [1.54, 1.807) is 0 Å². The second-order valence-electron chi connectivity index (χ2n) is 4.08. The van der Waals surface area contributed by atoms with Gasteiger partial charge in [0.15, 0.2) is 5.79 Å². The van der Waals surface area contributed by atoms with Crippen LogP contribution in [-0.2, 0) is 4.74 Å². The Morgan fingerprint density at radius 1 is 1.00 bits per heavy atom. The molecular formula is C10H18FNO. The highest BCUT2D eigenvalue weighted by atomic mass is 19.1. The first-order valence-electron chi connectivity index (χ1n) is 5.33. The molecule has 1 saturated carbocycles. The molecule has 0 N–H and O–H groups in total. The van der Waals surface area contributed by atoms with Gasteiger partial charge in [0.2, 0.25) is 0 Å². The summed E-state index contributed by atoms with van der Waals surface area (Å²) in [5.74, 6) is -0.998. The summed E-state index contributed by atoms with van der Waals surface area (Å²) < 4.78 is 19.6. The van der Waals surface area contributed by atoms with Crippen molar-refractivity contribution < 1.29 is 9.13 Å². The Labute approximate surface area is 79.1 Å². The van der Waals surface area contributed by atoms with E-state index in [4.69, 9.17) is 4.74 Å². The molecule has 2 nitrogen and oxygen atoms in total. The lowest BCUT2D eigenvalue weighted by molar-refractivity contribution is -0.106. The largest absolute Gasteiger partial charge is 0.379 e. The van der Waals surface area contributed by atoms with Crippen LogP contribution in [0.4, 0.5) is 4.39 Å². The average Bonchev–Trinajstić information content (AvgIpc) is 2.20. The van der Waals surface area contributed by atoms with E-state index in [2.05, 4.69) is 0 Å². The standard InChI is InChI=1S/C10H18FNO/c11-10(4-2-1-3-5-10)12-6-8-13-9-7-12/h1-9H2. The van der Waals surface area contributed by atoms with Crippen molar-refractivity contribution in [3.05, 3.63) is 0 Å². The molecule has 0 aromatic carbocycles. The number of halogens is 1. The Hall–Kier alpha value is -0.150. The van der Waals surface area contributed by atoms with Crippen LogP contribution >= 0.6 is 0 Å². The lowest BCUT2D eigenvalue weighted by atomic mass is 9.91. The highest BCUT2D eigenvalue weighted by Crippen LogP contribution is 2.35. The van der Waals surface area contributed by atoms with E-state index < -0.39 is 5.79 Å². The van der Waals surface area contributed by atoms with Gasteiger partial charge in [-0.3, -0.25) is 4.90 Å². The molecule has 3 heteroatoms. The van der Waals surface area contributed by atoms with E-state index in [1.165, 1.54) is 6.42 Å². The molecule has 0 radical (unpaired) electrons. The molecule has 1 aliphatic heterocycles. The van der Waals surface area contributed by atoms with Crippen LogP contribution in [0.15, 0.2) is 0 Å². The molecule has 0 aromatic rings. The molecule has 0 bridgehead atoms. The third-order valence-corrected chi connectivity index (χ3v) is 3.20. The van der Waals surface area contributed by atoms with Gasteiger partial charge in [-0.05, 0) is 25.7 Å². The Kier molecular flexibility index (Phi) is 2.84. The Morgan fingerprint density at radius 3 is 2.23 bits per heavy atom. The SMILES string of the molecule is FC1(N2CCOCC2)CCCCC1. The first-order chi connectivity index (χ1) is 6.31. The quantitative estimate of drug-likeness (QED) is 0.582. The molecule has 2 rings (SSSR count). The van der Waals surface area contributed by atoms with Crippen LogP contribution < -0.4 is 0 Å². The number of morpholine rings is 1. The normalized spacial score (nSPS) is 30.2. The summed E-state index contributed by atoms with van der Waals surface area (Å²) in [6.07, 6.45) is 4.76. The van der Waals surface area contributed by atoms with Crippen LogP contribution in [0, 0.1) is 0 Å². The highest BCUT2D eigenvalue weighted by Gasteiger charge is 2.38. The maximum Gasteiger partial charge on any atom is 0.164 e. The molecule has 0 amide bonds. The summed E-state index contributed by atoms with van der Waals surface area (Å²) >= 11 is 0. The van der Waals surface area contributed by atoms with Crippen molar-refractivity contribution >= 4 is 0 Å². The van der Waals surface area contributed by atoms with Gasteiger partial charge in [0, 0.05) is 13.1 Å². The summed E-state index contributed by atoms with van der Waals surface area (Å²) in [6.45, 7) is 2.95. The van der Waals surface area contributed by atoms with Gasteiger partial charge in [-0.2, -0.15) is 0 Å².